The maximum absolute atomic E-state index is 6.36. The lowest BCUT2D eigenvalue weighted by molar-refractivity contribution is 0.194. The third-order valence-electron chi connectivity index (χ3n) is 3.32. The van der Waals surface area contributed by atoms with E-state index in [2.05, 4.69) is 4.98 Å². The number of hydrogen-bond donors (Lipinski definition) is 1. The molecule has 0 aromatic carbocycles. The Labute approximate surface area is 107 Å². The second-order valence-electron chi connectivity index (χ2n) is 4.86. The van der Waals surface area contributed by atoms with Crippen molar-refractivity contribution in [3.05, 3.63) is 23.4 Å². The van der Waals surface area contributed by atoms with Crippen LogP contribution in [0.25, 0.3) is 0 Å². The van der Waals surface area contributed by atoms with E-state index in [0.29, 0.717) is 17.5 Å². The average molecular weight is 255 g/mol. The molecule has 0 saturated heterocycles. The van der Waals surface area contributed by atoms with E-state index in [1.54, 1.807) is 18.3 Å². The molecule has 1 heterocycles. The van der Waals surface area contributed by atoms with Crippen LogP contribution in [0, 0.1) is 0 Å². The number of ether oxygens (including phenoxy) is 1. The van der Waals surface area contributed by atoms with E-state index >= 15 is 0 Å². The van der Waals surface area contributed by atoms with Crippen LogP contribution in [0.2, 0.25) is 5.02 Å². The Morgan fingerprint density at radius 2 is 2.00 bits per heavy atom. The highest BCUT2D eigenvalue weighted by molar-refractivity contribution is 6.31. The van der Waals surface area contributed by atoms with Crippen molar-refractivity contribution >= 4 is 11.6 Å². The lowest BCUT2D eigenvalue weighted by Gasteiger charge is -2.27. The number of nitrogens with two attached hydrogens (primary N) is 1. The van der Waals surface area contributed by atoms with Gasteiger partial charge in [-0.2, -0.15) is 0 Å². The minimum absolute atomic E-state index is 0.211. The van der Waals surface area contributed by atoms with Crippen molar-refractivity contribution in [3.63, 3.8) is 0 Å². The average Bonchev–Trinajstić information content (AvgIpc) is 2.54. The van der Waals surface area contributed by atoms with Gasteiger partial charge in [-0.3, -0.25) is 0 Å². The summed E-state index contributed by atoms with van der Waals surface area (Å²) in [5, 5.41) is 0.546. The largest absolute Gasteiger partial charge is 0.475 e. The van der Waals surface area contributed by atoms with E-state index in [1.165, 1.54) is 25.7 Å². The molecular weight excluding hydrogens is 236 g/mol. The molecule has 1 fully saturated rings. The van der Waals surface area contributed by atoms with Crippen LogP contribution in [0.1, 0.15) is 38.5 Å². The van der Waals surface area contributed by atoms with Crippen LogP contribution in [0.15, 0.2) is 18.3 Å². The zero-order valence-corrected chi connectivity index (χ0v) is 10.7. The Bertz CT molecular complexity index is 362. The first-order valence-electron chi connectivity index (χ1n) is 6.22. The first-order valence-corrected chi connectivity index (χ1v) is 6.60. The van der Waals surface area contributed by atoms with E-state index in [9.17, 15) is 0 Å². The van der Waals surface area contributed by atoms with E-state index < -0.39 is 0 Å². The number of rotatable bonds is 3. The molecule has 0 radical (unpaired) electrons. The highest BCUT2D eigenvalue weighted by Gasteiger charge is 2.27. The summed E-state index contributed by atoms with van der Waals surface area (Å²) in [7, 11) is 0. The number of nitrogens with zero attached hydrogens (tertiary/aromatic N) is 1. The first-order chi connectivity index (χ1) is 8.20. The lowest BCUT2D eigenvalue weighted by atomic mass is 9.93. The summed E-state index contributed by atoms with van der Waals surface area (Å²) < 4.78 is 5.67. The van der Waals surface area contributed by atoms with E-state index in [-0.39, 0.29) is 5.54 Å². The van der Waals surface area contributed by atoms with Gasteiger partial charge in [-0.25, -0.2) is 4.98 Å². The zero-order valence-electron chi connectivity index (χ0n) is 9.99. The number of pyridine rings is 1. The molecule has 2 rings (SSSR count). The second-order valence-corrected chi connectivity index (χ2v) is 5.26. The second kappa shape index (κ2) is 5.69. The van der Waals surface area contributed by atoms with Gasteiger partial charge < -0.3 is 10.5 Å². The molecule has 0 bridgehead atoms. The van der Waals surface area contributed by atoms with Crippen LogP contribution in [-0.2, 0) is 0 Å². The van der Waals surface area contributed by atoms with Crippen LogP contribution in [-0.4, -0.2) is 17.1 Å². The van der Waals surface area contributed by atoms with Crippen molar-refractivity contribution in [1.29, 1.82) is 0 Å². The van der Waals surface area contributed by atoms with Gasteiger partial charge in [-0.15, -0.1) is 0 Å². The summed E-state index contributed by atoms with van der Waals surface area (Å²) in [6.07, 6.45) is 8.67. The highest BCUT2D eigenvalue weighted by atomic mass is 35.5. The van der Waals surface area contributed by atoms with Gasteiger partial charge in [0, 0.05) is 6.20 Å². The molecule has 94 valence electrons. The number of halogens is 1. The Kier molecular flexibility index (Phi) is 4.24. The monoisotopic (exact) mass is 254 g/mol. The summed E-state index contributed by atoms with van der Waals surface area (Å²) in [5.41, 5.74) is 6.15. The maximum atomic E-state index is 6.36. The molecular formula is C13H19ClN2O. The van der Waals surface area contributed by atoms with Gasteiger partial charge in [0.2, 0.25) is 5.88 Å². The Hall–Kier alpha value is -0.800. The minimum Gasteiger partial charge on any atom is -0.475 e. The molecule has 2 N–H and O–H groups in total. The van der Waals surface area contributed by atoms with Crippen LogP contribution in [0.3, 0.4) is 0 Å². The number of aromatic nitrogens is 1. The van der Waals surface area contributed by atoms with Gasteiger partial charge >= 0.3 is 0 Å². The molecule has 0 aliphatic heterocycles. The molecule has 4 heteroatoms. The van der Waals surface area contributed by atoms with Crippen molar-refractivity contribution < 1.29 is 4.74 Å². The zero-order chi connectivity index (χ0) is 12.1. The first kappa shape index (κ1) is 12.7. The smallest absolute Gasteiger partial charge is 0.232 e. The standard InChI is InChI=1S/C13H19ClN2O/c14-11-6-5-9-16-12(11)17-10-13(15)7-3-1-2-4-8-13/h5-6,9H,1-4,7-8,10,15H2. The van der Waals surface area contributed by atoms with E-state index in [1.807, 2.05) is 0 Å². The van der Waals surface area contributed by atoms with Crippen LogP contribution in [0.5, 0.6) is 5.88 Å². The molecule has 1 saturated carbocycles. The van der Waals surface area contributed by atoms with Crippen molar-refractivity contribution in [2.24, 2.45) is 5.73 Å². The molecule has 1 aliphatic rings. The van der Waals surface area contributed by atoms with Crippen molar-refractivity contribution in [2.75, 3.05) is 6.61 Å². The molecule has 0 unspecified atom stereocenters. The lowest BCUT2D eigenvalue weighted by Crippen LogP contribution is -2.45. The van der Waals surface area contributed by atoms with Crippen LogP contribution < -0.4 is 10.5 Å². The Morgan fingerprint density at radius 3 is 2.65 bits per heavy atom. The van der Waals surface area contributed by atoms with Gasteiger partial charge in [0.25, 0.3) is 0 Å². The molecule has 1 aromatic heterocycles. The summed E-state index contributed by atoms with van der Waals surface area (Å²) in [6, 6.07) is 3.57. The fraction of sp³-hybridized carbons (Fsp3) is 0.615. The van der Waals surface area contributed by atoms with Gasteiger partial charge in [0.1, 0.15) is 11.6 Å². The normalized spacial score (nSPS) is 19.6. The maximum Gasteiger partial charge on any atom is 0.232 e. The van der Waals surface area contributed by atoms with Gasteiger partial charge in [0.15, 0.2) is 0 Å². The fourth-order valence-corrected chi connectivity index (χ4v) is 2.44. The van der Waals surface area contributed by atoms with Gasteiger partial charge in [-0.05, 0) is 25.0 Å². The predicted octanol–water partition coefficient (Wildman–Crippen LogP) is 3.17. The third kappa shape index (κ3) is 3.58. The molecule has 0 spiro atoms. The van der Waals surface area contributed by atoms with Crippen LogP contribution in [0.4, 0.5) is 0 Å². The van der Waals surface area contributed by atoms with Gasteiger partial charge in [-0.1, -0.05) is 37.3 Å². The van der Waals surface area contributed by atoms with Crippen molar-refractivity contribution in [2.45, 2.75) is 44.1 Å². The summed E-state index contributed by atoms with van der Waals surface area (Å²) in [6.45, 7) is 0.504. The summed E-state index contributed by atoms with van der Waals surface area (Å²) in [4.78, 5) is 4.11. The Morgan fingerprint density at radius 1 is 1.29 bits per heavy atom. The minimum atomic E-state index is -0.211. The topological polar surface area (TPSA) is 48.1 Å². The molecule has 17 heavy (non-hydrogen) atoms. The fourth-order valence-electron chi connectivity index (χ4n) is 2.27. The molecule has 1 aromatic rings. The van der Waals surface area contributed by atoms with E-state index in [0.717, 1.165) is 12.8 Å². The molecule has 0 atom stereocenters. The quantitative estimate of drug-likeness (QED) is 0.843. The van der Waals surface area contributed by atoms with E-state index in [4.69, 9.17) is 22.1 Å². The third-order valence-corrected chi connectivity index (χ3v) is 3.61. The van der Waals surface area contributed by atoms with Crippen molar-refractivity contribution in [1.82, 2.24) is 4.98 Å². The molecule has 1 aliphatic carbocycles. The SMILES string of the molecule is NC1(COc2ncccc2Cl)CCCCCC1. The highest BCUT2D eigenvalue weighted by Crippen LogP contribution is 2.27. The summed E-state index contributed by atoms with van der Waals surface area (Å²) >= 11 is 5.99. The van der Waals surface area contributed by atoms with Crippen LogP contribution >= 0.6 is 11.6 Å². The predicted molar refractivity (Wildman–Crippen MR) is 69.4 cm³/mol. The van der Waals surface area contributed by atoms with Gasteiger partial charge in [0.05, 0.1) is 5.54 Å². The molecule has 0 amide bonds. The Balaban J connectivity index is 1.94. The summed E-state index contributed by atoms with van der Waals surface area (Å²) in [5.74, 6) is 0.489. The van der Waals surface area contributed by atoms with Crippen molar-refractivity contribution in [3.8, 4) is 5.88 Å². The molecule has 3 nitrogen and oxygen atoms in total. The number of hydrogen-bond acceptors (Lipinski definition) is 3.